The van der Waals surface area contributed by atoms with Crippen molar-refractivity contribution in [2.75, 3.05) is 26.3 Å². The van der Waals surface area contributed by atoms with Crippen molar-refractivity contribution in [1.82, 2.24) is 4.90 Å². The second-order valence-electron chi connectivity index (χ2n) is 11.3. The summed E-state index contributed by atoms with van der Waals surface area (Å²) in [5.41, 5.74) is 4.33. The van der Waals surface area contributed by atoms with Gasteiger partial charge in [-0.2, -0.15) is 0 Å². The minimum Gasteiger partial charge on any atom is -0.465 e. The summed E-state index contributed by atoms with van der Waals surface area (Å²) in [4.78, 5) is 13.9. The van der Waals surface area contributed by atoms with E-state index in [0.29, 0.717) is 46.1 Å². The highest BCUT2D eigenvalue weighted by Gasteiger charge is 2.46. The lowest BCUT2D eigenvalue weighted by atomic mass is 9.93. The van der Waals surface area contributed by atoms with Crippen LogP contribution in [0, 0.1) is 0 Å². The van der Waals surface area contributed by atoms with Crippen LogP contribution in [0.25, 0.3) is 0 Å². The number of hydrogen-bond donors (Lipinski definition) is 0. The van der Waals surface area contributed by atoms with Crippen LogP contribution in [0.5, 0.6) is 0 Å². The van der Waals surface area contributed by atoms with Gasteiger partial charge in [0.15, 0.2) is 0 Å². The van der Waals surface area contributed by atoms with Crippen LogP contribution >= 0.6 is 0 Å². The zero-order chi connectivity index (χ0) is 31.1. The quantitative estimate of drug-likeness (QED) is 0.140. The van der Waals surface area contributed by atoms with Crippen LogP contribution in [-0.2, 0) is 54.9 Å². The molecule has 0 aliphatic carbocycles. The van der Waals surface area contributed by atoms with E-state index in [1.165, 1.54) is 6.92 Å². The maximum atomic E-state index is 11.7. The molecule has 45 heavy (non-hydrogen) atoms. The number of carbonyl (C=O) groups is 1. The third-order valence-electron chi connectivity index (χ3n) is 7.91. The van der Waals surface area contributed by atoms with E-state index >= 15 is 0 Å². The number of rotatable bonds is 16. The van der Waals surface area contributed by atoms with Crippen molar-refractivity contribution in [3.63, 3.8) is 0 Å². The number of nitrogens with zero attached hydrogens (tertiary/aromatic N) is 1. The second kappa shape index (κ2) is 17.6. The Morgan fingerprint density at radius 3 is 1.56 bits per heavy atom. The number of piperidine rings is 1. The molecule has 0 N–H and O–H groups in total. The molecule has 1 saturated heterocycles. The summed E-state index contributed by atoms with van der Waals surface area (Å²) in [6.07, 6.45) is -1.08. The van der Waals surface area contributed by atoms with E-state index in [0.717, 1.165) is 22.3 Å². The molecule has 1 heterocycles. The van der Waals surface area contributed by atoms with Crippen molar-refractivity contribution in [2.24, 2.45) is 0 Å². The van der Waals surface area contributed by atoms with Gasteiger partial charge in [0, 0.05) is 20.0 Å². The molecule has 4 aromatic rings. The normalized spacial score (nSPS) is 20.1. The van der Waals surface area contributed by atoms with E-state index in [-0.39, 0.29) is 30.8 Å². The number of hydrogen-bond acceptors (Lipinski definition) is 7. The molecule has 236 valence electrons. The Morgan fingerprint density at radius 1 is 0.622 bits per heavy atom. The zero-order valence-electron chi connectivity index (χ0n) is 25.9. The van der Waals surface area contributed by atoms with Crippen LogP contribution in [-0.4, -0.2) is 61.5 Å². The summed E-state index contributed by atoms with van der Waals surface area (Å²) in [5.74, 6) is -0.304. The van der Waals surface area contributed by atoms with Gasteiger partial charge < -0.3 is 23.7 Å². The van der Waals surface area contributed by atoms with Gasteiger partial charge in [0.2, 0.25) is 0 Å². The Morgan fingerprint density at radius 2 is 1.07 bits per heavy atom. The van der Waals surface area contributed by atoms with Gasteiger partial charge in [-0.15, -0.1) is 0 Å². The highest BCUT2D eigenvalue weighted by Crippen LogP contribution is 2.29. The molecule has 5 rings (SSSR count). The van der Waals surface area contributed by atoms with Crippen molar-refractivity contribution in [1.29, 1.82) is 0 Å². The summed E-state index contributed by atoms with van der Waals surface area (Å²) in [7, 11) is 0. The van der Waals surface area contributed by atoms with Crippen molar-refractivity contribution < 1.29 is 28.5 Å². The largest absolute Gasteiger partial charge is 0.465 e. The molecule has 0 unspecified atom stereocenters. The molecular weight excluding hydrogens is 566 g/mol. The monoisotopic (exact) mass is 609 g/mol. The topological polar surface area (TPSA) is 66.5 Å². The first-order chi connectivity index (χ1) is 22.2. The predicted octanol–water partition coefficient (Wildman–Crippen LogP) is 6.21. The lowest BCUT2D eigenvalue weighted by Crippen LogP contribution is -2.65. The predicted molar refractivity (Wildman–Crippen MR) is 173 cm³/mol. The van der Waals surface area contributed by atoms with Crippen LogP contribution in [0.3, 0.4) is 0 Å². The van der Waals surface area contributed by atoms with Gasteiger partial charge in [-0.25, -0.2) is 0 Å². The molecule has 4 aromatic carbocycles. The first-order valence-corrected chi connectivity index (χ1v) is 15.6. The molecule has 1 aliphatic heterocycles. The minimum absolute atomic E-state index is 0.176. The van der Waals surface area contributed by atoms with Gasteiger partial charge in [0.1, 0.15) is 18.8 Å². The van der Waals surface area contributed by atoms with E-state index in [4.69, 9.17) is 23.7 Å². The fourth-order valence-corrected chi connectivity index (χ4v) is 5.61. The molecule has 1 aliphatic rings. The van der Waals surface area contributed by atoms with E-state index in [9.17, 15) is 4.79 Å². The molecule has 0 amide bonds. The van der Waals surface area contributed by atoms with E-state index in [2.05, 4.69) is 53.4 Å². The number of benzene rings is 4. The van der Waals surface area contributed by atoms with Gasteiger partial charge in [-0.05, 0) is 22.3 Å². The summed E-state index contributed by atoms with van der Waals surface area (Å²) in [6.45, 7) is 4.93. The second-order valence-corrected chi connectivity index (χ2v) is 11.3. The maximum Gasteiger partial charge on any atom is 0.302 e. The van der Waals surface area contributed by atoms with Crippen molar-refractivity contribution >= 4 is 5.97 Å². The Hall–Kier alpha value is -3.85. The van der Waals surface area contributed by atoms with Gasteiger partial charge in [0.25, 0.3) is 0 Å². The van der Waals surface area contributed by atoms with Gasteiger partial charge >= 0.3 is 5.97 Å². The van der Waals surface area contributed by atoms with Crippen LogP contribution < -0.4 is 0 Å². The first-order valence-electron chi connectivity index (χ1n) is 15.6. The molecule has 0 aromatic heterocycles. The van der Waals surface area contributed by atoms with Crippen LogP contribution in [0.15, 0.2) is 121 Å². The molecule has 0 spiro atoms. The Bertz CT molecular complexity index is 1390. The lowest BCUT2D eigenvalue weighted by molar-refractivity contribution is -0.211. The number of likely N-dealkylation sites (tertiary alicyclic amines) is 1. The van der Waals surface area contributed by atoms with E-state index in [1.54, 1.807) is 0 Å². The fourth-order valence-electron chi connectivity index (χ4n) is 5.61. The number of carbonyl (C=O) groups excluding carboxylic acids is 1. The van der Waals surface area contributed by atoms with Gasteiger partial charge in [0.05, 0.1) is 45.2 Å². The summed E-state index contributed by atoms with van der Waals surface area (Å²) in [5, 5.41) is 0. The SMILES string of the molecule is CC(=O)OCCN1C[C@H](OCc2ccccc2)[C@@H](OCc2ccccc2)[C@H](OCc2ccccc2)[C@H]1COCc1ccccc1. The summed E-state index contributed by atoms with van der Waals surface area (Å²) >= 11 is 0. The molecule has 7 heteroatoms. The van der Waals surface area contributed by atoms with Crippen LogP contribution in [0.4, 0.5) is 0 Å². The minimum atomic E-state index is -0.392. The molecule has 0 radical (unpaired) electrons. The van der Waals surface area contributed by atoms with E-state index in [1.807, 2.05) is 72.8 Å². The van der Waals surface area contributed by atoms with Crippen LogP contribution in [0.1, 0.15) is 29.2 Å². The molecule has 7 nitrogen and oxygen atoms in total. The zero-order valence-corrected chi connectivity index (χ0v) is 25.9. The van der Waals surface area contributed by atoms with Crippen molar-refractivity contribution in [3.05, 3.63) is 144 Å². The molecular formula is C38H43NO6. The summed E-state index contributed by atoms with van der Waals surface area (Å²) < 4.78 is 31.9. The molecule has 0 bridgehead atoms. The highest BCUT2D eigenvalue weighted by molar-refractivity contribution is 5.65. The number of ether oxygens (including phenoxy) is 5. The van der Waals surface area contributed by atoms with Crippen LogP contribution in [0.2, 0.25) is 0 Å². The third-order valence-corrected chi connectivity index (χ3v) is 7.91. The first kappa shape index (κ1) is 32.5. The smallest absolute Gasteiger partial charge is 0.302 e. The lowest BCUT2D eigenvalue weighted by Gasteiger charge is -2.48. The Balaban J connectivity index is 1.42. The van der Waals surface area contributed by atoms with Crippen molar-refractivity contribution in [3.8, 4) is 0 Å². The van der Waals surface area contributed by atoms with Gasteiger partial charge in [-0.1, -0.05) is 121 Å². The Labute approximate surface area is 266 Å². The molecule has 4 atom stereocenters. The summed E-state index contributed by atoms with van der Waals surface area (Å²) in [6, 6.07) is 40.4. The third kappa shape index (κ3) is 10.3. The number of esters is 1. The molecule has 0 saturated carbocycles. The van der Waals surface area contributed by atoms with Crippen molar-refractivity contribution in [2.45, 2.75) is 57.7 Å². The Kier molecular flexibility index (Phi) is 12.7. The van der Waals surface area contributed by atoms with Gasteiger partial charge in [-0.3, -0.25) is 9.69 Å². The average Bonchev–Trinajstić information content (AvgIpc) is 3.08. The maximum absolute atomic E-state index is 11.7. The average molecular weight is 610 g/mol. The highest BCUT2D eigenvalue weighted by atomic mass is 16.6. The van der Waals surface area contributed by atoms with E-state index < -0.39 is 6.10 Å². The standard InChI is InChI=1S/C38H43NO6/c1-30(40)42-23-22-39-24-36(43-26-32-16-8-3-9-17-32)38(45-28-34-20-12-5-13-21-34)37(44-27-33-18-10-4-11-19-33)35(39)29-41-25-31-14-6-2-7-15-31/h2-21,35-38H,22-29H2,1H3/t35-,36+,37-,38-/m1/s1. The molecule has 1 fully saturated rings. The fraction of sp³-hybridized carbons (Fsp3) is 0.342.